The number of aliphatic carboxylic acids is 1. The number of fused-ring (bicyclic) bond motifs is 1. The average molecular weight is 348 g/mol. The Bertz CT molecular complexity index is 719. The maximum absolute atomic E-state index is 14.4. The number of nitrogens with one attached hydrogen (secondary N) is 1. The van der Waals surface area contributed by atoms with Crippen molar-refractivity contribution in [3.8, 4) is 0 Å². The number of aryl methyl sites for hydroxylation is 1. The number of anilines is 1. The smallest absolute Gasteiger partial charge is 0.303 e. The molecule has 0 bridgehead atoms. The average Bonchev–Trinajstić information content (AvgIpc) is 2.59. The summed E-state index contributed by atoms with van der Waals surface area (Å²) in [6, 6.07) is 2.75. The van der Waals surface area contributed by atoms with Gasteiger partial charge >= 0.3 is 5.97 Å². The molecule has 1 atom stereocenters. The van der Waals surface area contributed by atoms with Crippen LogP contribution in [0.3, 0.4) is 0 Å². The van der Waals surface area contributed by atoms with Crippen LogP contribution >= 0.6 is 0 Å². The van der Waals surface area contributed by atoms with Crippen LogP contribution < -0.4 is 5.32 Å². The fourth-order valence-corrected chi connectivity index (χ4v) is 3.55. The van der Waals surface area contributed by atoms with E-state index < -0.39 is 11.8 Å². The van der Waals surface area contributed by atoms with Crippen LogP contribution in [0.4, 0.5) is 10.1 Å². The minimum Gasteiger partial charge on any atom is -0.481 e. The predicted molar refractivity (Wildman–Crippen MR) is 88.8 cm³/mol. The Hall–Kier alpha value is -2.44. The quantitative estimate of drug-likeness (QED) is 0.875. The van der Waals surface area contributed by atoms with Gasteiger partial charge < -0.3 is 15.3 Å². The van der Waals surface area contributed by atoms with Gasteiger partial charge in [0.05, 0.1) is 5.56 Å². The van der Waals surface area contributed by atoms with E-state index in [-0.39, 0.29) is 29.7 Å². The molecule has 0 saturated carbocycles. The fraction of sp³-hybridized carbons (Fsp3) is 0.500. The Labute approximate surface area is 145 Å². The molecular formula is C18H21FN2O4. The van der Waals surface area contributed by atoms with E-state index in [1.54, 1.807) is 4.90 Å². The van der Waals surface area contributed by atoms with Gasteiger partial charge in [0.25, 0.3) is 5.91 Å². The highest BCUT2D eigenvalue weighted by molar-refractivity contribution is 5.98. The van der Waals surface area contributed by atoms with Gasteiger partial charge in [0, 0.05) is 31.6 Å². The SMILES string of the molecule is O=C(O)CCC1CCCN(C(=O)c2cc3c(cc2F)NC(=O)CC3)C1. The first kappa shape index (κ1) is 17.4. The molecule has 2 N–H and O–H groups in total. The van der Waals surface area contributed by atoms with Gasteiger partial charge in [0.2, 0.25) is 5.91 Å². The number of nitrogens with zero attached hydrogens (tertiary/aromatic N) is 1. The Kier molecular flexibility index (Phi) is 5.01. The first-order valence-corrected chi connectivity index (χ1v) is 8.57. The van der Waals surface area contributed by atoms with Crippen LogP contribution in [0.15, 0.2) is 12.1 Å². The van der Waals surface area contributed by atoms with Crippen molar-refractivity contribution < 1.29 is 23.9 Å². The van der Waals surface area contributed by atoms with Crippen LogP contribution in [0.2, 0.25) is 0 Å². The third kappa shape index (κ3) is 3.97. The molecule has 3 rings (SSSR count). The number of carboxylic acids is 1. The van der Waals surface area contributed by atoms with Gasteiger partial charge in [0.15, 0.2) is 0 Å². The number of piperidine rings is 1. The van der Waals surface area contributed by atoms with E-state index >= 15 is 0 Å². The summed E-state index contributed by atoms with van der Waals surface area (Å²) in [7, 11) is 0. The van der Waals surface area contributed by atoms with E-state index in [0.29, 0.717) is 38.0 Å². The van der Waals surface area contributed by atoms with Crippen molar-refractivity contribution in [3.63, 3.8) is 0 Å². The zero-order chi connectivity index (χ0) is 18.0. The van der Waals surface area contributed by atoms with Crippen LogP contribution in [0.1, 0.15) is 48.0 Å². The lowest BCUT2D eigenvalue weighted by Gasteiger charge is -2.33. The summed E-state index contributed by atoms with van der Waals surface area (Å²) < 4.78 is 14.4. The van der Waals surface area contributed by atoms with E-state index in [4.69, 9.17) is 5.11 Å². The summed E-state index contributed by atoms with van der Waals surface area (Å²) >= 11 is 0. The lowest BCUT2D eigenvalue weighted by atomic mass is 9.92. The molecule has 1 unspecified atom stereocenters. The van der Waals surface area contributed by atoms with E-state index in [1.807, 2.05) is 0 Å². The summed E-state index contributed by atoms with van der Waals surface area (Å²) in [6.45, 7) is 1.01. The number of hydrogen-bond acceptors (Lipinski definition) is 3. The van der Waals surface area contributed by atoms with Gasteiger partial charge in [0.1, 0.15) is 5.82 Å². The molecule has 25 heavy (non-hydrogen) atoms. The summed E-state index contributed by atoms with van der Waals surface area (Å²) in [5, 5.41) is 11.4. The van der Waals surface area contributed by atoms with Crippen LogP contribution in [0.5, 0.6) is 0 Å². The van der Waals surface area contributed by atoms with Crippen molar-refractivity contribution >= 4 is 23.5 Å². The molecule has 0 aliphatic carbocycles. The largest absolute Gasteiger partial charge is 0.481 e. The number of benzene rings is 1. The minimum absolute atomic E-state index is 0.0220. The molecule has 0 spiro atoms. The first-order valence-electron chi connectivity index (χ1n) is 8.57. The van der Waals surface area contributed by atoms with Crippen molar-refractivity contribution in [3.05, 3.63) is 29.1 Å². The van der Waals surface area contributed by atoms with Gasteiger partial charge in [-0.1, -0.05) is 0 Å². The summed E-state index contributed by atoms with van der Waals surface area (Å²) in [4.78, 5) is 36.5. The number of halogens is 1. The maximum Gasteiger partial charge on any atom is 0.303 e. The molecule has 1 aromatic carbocycles. The van der Waals surface area contributed by atoms with Crippen LogP contribution in [0.25, 0.3) is 0 Å². The van der Waals surface area contributed by atoms with E-state index in [2.05, 4.69) is 5.32 Å². The van der Waals surface area contributed by atoms with Crippen molar-refractivity contribution in [2.45, 2.75) is 38.5 Å². The number of hydrogen-bond donors (Lipinski definition) is 2. The molecule has 6 nitrogen and oxygen atoms in total. The lowest BCUT2D eigenvalue weighted by Crippen LogP contribution is -2.40. The second-order valence-electron chi connectivity index (χ2n) is 6.73. The molecule has 1 fully saturated rings. The molecule has 2 aliphatic heterocycles. The molecule has 2 heterocycles. The highest BCUT2D eigenvalue weighted by atomic mass is 19.1. The molecule has 2 amide bonds. The Morgan fingerprint density at radius 1 is 1.32 bits per heavy atom. The minimum atomic E-state index is -0.841. The van der Waals surface area contributed by atoms with Crippen molar-refractivity contribution in [1.29, 1.82) is 0 Å². The second kappa shape index (κ2) is 7.21. The monoisotopic (exact) mass is 348 g/mol. The van der Waals surface area contributed by atoms with E-state index in [9.17, 15) is 18.8 Å². The molecule has 0 aromatic heterocycles. The third-order valence-electron chi connectivity index (χ3n) is 4.89. The number of carbonyl (C=O) groups is 3. The summed E-state index contributed by atoms with van der Waals surface area (Å²) in [6.07, 6.45) is 3.10. The number of likely N-dealkylation sites (tertiary alicyclic amines) is 1. The molecule has 1 aromatic rings. The molecule has 2 aliphatic rings. The summed E-state index contributed by atoms with van der Waals surface area (Å²) in [5.74, 6) is -1.86. The Morgan fingerprint density at radius 3 is 2.88 bits per heavy atom. The van der Waals surface area contributed by atoms with Crippen molar-refractivity contribution in [2.24, 2.45) is 5.92 Å². The van der Waals surface area contributed by atoms with Gasteiger partial charge in [-0.3, -0.25) is 14.4 Å². The van der Waals surface area contributed by atoms with Gasteiger partial charge in [-0.25, -0.2) is 4.39 Å². The number of carboxylic acid groups (broad SMARTS) is 1. The molecule has 1 saturated heterocycles. The highest BCUT2D eigenvalue weighted by Crippen LogP contribution is 2.28. The standard InChI is InChI=1S/C18H21FN2O4/c19-14-9-15-12(4-5-16(22)20-15)8-13(14)18(25)21-7-1-2-11(10-21)3-6-17(23)24/h8-9,11H,1-7,10H2,(H,20,22)(H,23,24). The number of carbonyl (C=O) groups excluding carboxylic acids is 2. The van der Waals surface area contributed by atoms with Crippen LogP contribution in [0, 0.1) is 11.7 Å². The highest BCUT2D eigenvalue weighted by Gasteiger charge is 2.28. The zero-order valence-electron chi connectivity index (χ0n) is 13.9. The molecule has 134 valence electrons. The molecular weight excluding hydrogens is 327 g/mol. The lowest BCUT2D eigenvalue weighted by molar-refractivity contribution is -0.137. The zero-order valence-corrected chi connectivity index (χ0v) is 13.9. The Balaban J connectivity index is 1.74. The van der Waals surface area contributed by atoms with Crippen molar-refractivity contribution in [2.75, 3.05) is 18.4 Å². The predicted octanol–water partition coefficient (Wildman–Crippen LogP) is 2.43. The third-order valence-corrected chi connectivity index (χ3v) is 4.89. The van der Waals surface area contributed by atoms with Crippen LogP contribution in [-0.2, 0) is 16.0 Å². The number of amides is 2. The first-order chi connectivity index (χ1) is 11.9. The normalized spacial score (nSPS) is 20.0. The number of rotatable bonds is 4. The molecule has 7 heteroatoms. The maximum atomic E-state index is 14.4. The van der Waals surface area contributed by atoms with Crippen molar-refractivity contribution in [1.82, 2.24) is 4.90 Å². The topological polar surface area (TPSA) is 86.7 Å². The Morgan fingerprint density at radius 2 is 2.12 bits per heavy atom. The van der Waals surface area contributed by atoms with Crippen LogP contribution in [-0.4, -0.2) is 40.9 Å². The van der Waals surface area contributed by atoms with E-state index in [1.165, 1.54) is 12.1 Å². The van der Waals surface area contributed by atoms with Gasteiger partial charge in [-0.05, 0) is 49.3 Å². The van der Waals surface area contributed by atoms with Gasteiger partial charge in [-0.15, -0.1) is 0 Å². The van der Waals surface area contributed by atoms with Gasteiger partial charge in [-0.2, -0.15) is 0 Å². The molecule has 0 radical (unpaired) electrons. The second-order valence-corrected chi connectivity index (χ2v) is 6.73. The van der Waals surface area contributed by atoms with E-state index in [0.717, 1.165) is 18.4 Å². The fourth-order valence-electron chi connectivity index (χ4n) is 3.55. The summed E-state index contributed by atoms with van der Waals surface area (Å²) in [5.41, 5.74) is 1.22.